The molecule has 2 atom stereocenters. The van der Waals surface area contributed by atoms with Crippen molar-refractivity contribution in [3.05, 3.63) is 29.0 Å². The van der Waals surface area contributed by atoms with E-state index in [1.54, 1.807) is 0 Å². The third kappa shape index (κ3) is 3.37. The lowest BCUT2D eigenvalue weighted by Crippen LogP contribution is -2.26. The van der Waals surface area contributed by atoms with E-state index in [-0.39, 0.29) is 0 Å². The van der Waals surface area contributed by atoms with Gasteiger partial charge in [0, 0.05) is 24.0 Å². The van der Waals surface area contributed by atoms with E-state index in [0.717, 1.165) is 11.8 Å². The van der Waals surface area contributed by atoms with Crippen LogP contribution in [0.3, 0.4) is 0 Å². The van der Waals surface area contributed by atoms with Crippen LogP contribution in [0.25, 0.3) is 0 Å². The lowest BCUT2D eigenvalue weighted by atomic mass is 10.1. The largest absolute Gasteiger partial charge is 0.309 e. The minimum atomic E-state index is 0.353. The summed E-state index contributed by atoms with van der Waals surface area (Å²) in [6, 6.07) is 4.24. The number of aromatic nitrogens is 1. The van der Waals surface area contributed by atoms with Gasteiger partial charge in [-0.05, 0) is 37.1 Å². The van der Waals surface area contributed by atoms with Crippen LogP contribution in [-0.4, -0.2) is 22.5 Å². The Balaban J connectivity index is 1.82. The third-order valence-corrected chi connectivity index (χ3v) is 4.55. The van der Waals surface area contributed by atoms with Gasteiger partial charge in [0.25, 0.3) is 0 Å². The maximum absolute atomic E-state index is 5.76. The van der Waals surface area contributed by atoms with Gasteiger partial charge >= 0.3 is 0 Å². The van der Waals surface area contributed by atoms with Gasteiger partial charge in [0.2, 0.25) is 0 Å². The first-order chi connectivity index (χ1) is 7.75. The van der Waals surface area contributed by atoms with E-state index in [2.05, 4.69) is 29.0 Å². The van der Waals surface area contributed by atoms with Crippen molar-refractivity contribution in [1.29, 1.82) is 0 Å². The summed E-state index contributed by atoms with van der Waals surface area (Å²) in [5.41, 5.74) is 1.20. The van der Waals surface area contributed by atoms with E-state index in [1.807, 2.05) is 18.3 Å². The van der Waals surface area contributed by atoms with Crippen molar-refractivity contribution in [2.24, 2.45) is 0 Å². The van der Waals surface area contributed by atoms with Crippen LogP contribution in [0.15, 0.2) is 18.3 Å². The molecule has 0 aliphatic carbocycles. The quantitative estimate of drug-likeness (QED) is 0.837. The maximum atomic E-state index is 5.76. The first kappa shape index (κ1) is 12.2. The van der Waals surface area contributed by atoms with Crippen molar-refractivity contribution in [2.45, 2.75) is 31.1 Å². The molecule has 0 saturated carbocycles. The summed E-state index contributed by atoms with van der Waals surface area (Å²) in [5, 5.41) is 4.91. The first-order valence-corrected chi connectivity index (χ1v) is 7.15. The Kier molecular flexibility index (Phi) is 4.50. The van der Waals surface area contributed by atoms with Gasteiger partial charge in [0.05, 0.1) is 0 Å². The second-order valence-corrected chi connectivity index (χ2v) is 5.97. The average Bonchev–Trinajstić information content (AvgIpc) is 2.80. The summed E-state index contributed by atoms with van der Waals surface area (Å²) in [5.74, 6) is 1.32. The number of hydrogen-bond donors (Lipinski definition) is 1. The number of pyridine rings is 1. The molecule has 2 heterocycles. The second kappa shape index (κ2) is 5.89. The smallest absolute Gasteiger partial charge is 0.129 e. The molecule has 1 aliphatic rings. The van der Waals surface area contributed by atoms with E-state index >= 15 is 0 Å². The van der Waals surface area contributed by atoms with Gasteiger partial charge in [-0.3, -0.25) is 0 Å². The highest BCUT2D eigenvalue weighted by Crippen LogP contribution is 2.26. The SMILES string of the molecule is CC(NCC1CCCS1)c1ccc(Cl)nc1. The van der Waals surface area contributed by atoms with Gasteiger partial charge in [-0.15, -0.1) is 0 Å². The number of nitrogens with one attached hydrogen (secondary N) is 1. The van der Waals surface area contributed by atoms with Gasteiger partial charge in [-0.25, -0.2) is 4.98 Å². The van der Waals surface area contributed by atoms with Gasteiger partial charge in [-0.2, -0.15) is 11.8 Å². The Morgan fingerprint density at radius 1 is 1.62 bits per heavy atom. The molecular formula is C12H17ClN2S. The number of rotatable bonds is 4. The molecule has 1 aromatic rings. The topological polar surface area (TPSA) is 24.9 Å². The molecule has 0 aromatic carbocycles. The second-order valence-electron chi connectivity index (χ2n) is 4.18. The van der Waals surface area contributed by atoms with Crippen LogP contribution in [0.2, 0.25) is 5.15 Å². The van der Waals surface area contributed by atoms with Crippen LogP contribution in [0.4, 0.5) is 0 Å². The molecular weight excluding hydrogens is 240 g/mol. The predicted molar refractivity (Wildman–Crippen MR) is 71.1 cm³/mol. The van der Waals surface area contributed by atoms with Crippen molar-refractivity contribution in [3.8, 4) is 0 Å². The normalized spacial score (nSPS) is 22.2. The lowest BCUT2D eigenvalue weighted by Gasteiger charge is -2.16. The highest BCUT2D eigenvalue weighted by Gasteiger charge is 2.16. The average molecular weight is 257 g/mol. The predicted octanol–water partition coefficient (Wildman–Crippen LogP) is 3.28. The fraction of sp³-hybridized carbons (Fsp3) is 0.583. The molecule has 1 saturated heterocycles. The van der Waals surface area contributed by atoms with Gasteiger partial charge < -0.3 is 5.32 Å². The molecule has 1 N–H and O–H groups in total. The van der Waals surface area contributed by atoms with Crippen LogP contribution in [0, 0.1) is 0 Å². The van der Waals surface area contributed by atoms with E-state index in [0.29, 0.717) is 11.2 Å². The van der Waals surface area contributed by atoms with Crippen molar-refractivity contribution < 1.29 is 0 Å². The molecule has 4 heteroatoms. The van der Waals surface area contributed by atoms with Gasteiger partial charge in [0.1, 0.15) is 5.15 Å². The third-order valence-electron chi connectivity index (χ3n) is 2.93. The molecule has 1 aromatic heterocycles. The molecule has 0 amide bonds. The Bertz CT molecular complexity index is 322. The standard InChI is InChI=1S/C12H17ClN2S/c1-9(10-4-5-12(13)15-7-10)14-8-11-3-2-6-16-11/h4-5,7,9,11,14H,2-3,6,8H2,1H3. The van der Waals surface area contributed by atoms with E-state index in [1.165, 1.54) is 24.2 Å². The zero-order valence-electron chi connectivity index (χ0n) is 9.45. The molecule has 88 valence electrons. The minimum Gasteiger partial charge on any atom is -0.309 e. The van der Waals surface area contributed by atoms with Crippen molar-refractivity contribution in [1.82, 2.24) is 10.3 Å². The maximum Gasteiger partial charge on any atom is 0.129 e. The summed E-state index contributed by atoms with van der Waals surface area (Å²) in [4.78, 5) is 4.10. The monoisotopic (exact) mass is 256 g/mol. The molecule has 2 unspecified atom stereocenters. The number of hydrogen-bond acceptors (Lipinski definition) is 3. The zero-order valence-corrected chi connectivity index (χ0v) is 11.0. The van der Waals surface area contributed by atoms with E-state index in [4.69, 9.17) is 11.6 Å². The molecule has 0 radical (unpaired) electrons. The van der Waals surface area contributed by atoms with Crippen molar-refractivity contribution >= 4 is 23.4 Å². The molecule has 16 heavy (non-hydrogen) atoms. The molecule has 1 aliphatic heterocycles. The van der Waals surface area contributed by atoms with Crippen molar-refractivity contribution in [2.75, 3.05) is 12.3 Å². The Labute approximate surface area is 106 Å². The first-order valence-electron chi connectivity index (χ1n) is 5.72. The Morgan fingerprint density at radius 2 is 2.50 bits per heavy atom. The number of halogens is 1. The summed E-state index contributed by atoms with van der Waals surface area (Å²) in [6.07, 6.45) is 4.57. The van der Waals surface area contributed by atoms with Gasteiger partial charge in [-0.1, -0.05) is 17.7 Å². The highest BCUT2D eigenvalue weighted by molar-refractivity contribution is 8.00. The van der Waals surface area contributed by atoms with Crippen LogP contribution in [-0.2, 0) is 0 Å². The van der Waals surface area contributed by atoms with Crippen LogP contribution in [0.1, 0.15) is 31.4 Å². The van der Waals surface area contributed by atoms with Gasteiger partial charge in [0.15, 0.2) is 0 Å². The molecule has 2 rings (SSSR count). The summed E-state index contributed by atoms with van der Waals surface area (Å²) in [7, 11) is 0. The lowest BCUT2D eigenvalue weighted by molar-refractivity contribution is 0.558. The fourth-order valence-corrected chi connectivity index (χ4v) is 3.20. The molecule has 2 nitrogen and oxygen atoms in total. The molecule has 1 fully saturated rings. The summed E-state index contributed by atoms with van der Waals surface area (Å²) < 4.78 is 0. The molecule has 0 spiro atoms. The highest BCUT2D eigenvalue weighted by atomic mass is 35.5. The van der Waals surface area contributed by atoms with E-state index in [9.17, 15) is 0 Å². The number of thioether (sulfide) groups is 1. The van der Waals surface area contributed by atoms with E-state index < -0.39 is 0 Å². The Hall–Kier alpha value is -0.250. The van der Waals surface area contributed by atoms with Crippen LogP contribution >= 0.6 is 23.4 Å². The summed E-state index contributed by atoms with van der Waals surface area (Å²) in [6.45, 7) is 3.26. The van der Waals surface area contributed by atoms with Crippen LogP contribution in [0.5, 0.6) is 0 Å². The fourth-order valence-electron chi connectivity index (χ4n) is 1.87. The summed E-state index contributed by atoms with van der Waals surface area (Å²) >= 11 is 7.84. The minimum absolute atomic E-state index is 0.353. The number of nitrogens with zero attached hydrogens (tertiary/aromatic N) is 1. The van der Waals surface area contributed by atoms with Crippen molar-refractivity contribution in [3.63, 3.8) is 0 Å². The molecule has 0 bridgehead atoms. The Morgan fingerprint density at radius 3 is 3.12 bits per heavy atom. The zero-order chi connectivity index (χ0) is 11.4. The van der Waals surface area contributed by atoms with Crippen LogP contribution < -0.4 is 5.32 Å².